The minimum absolute atomic E-state index is 0.368. The third kappa shape index (κ3) is 2.49. The average Bonchev–Trinajstić information content (AvgIpc) is 3.09. The van der Waals surface area contributed by atoms with Crippen LogP contribution in [0.25, 0.3) is 0 Å². The second kappa shape index (κ2) is 4.62. The molecule has 1 aliphatic carbocycles. The number of rotatable bonds is 5. The fourth-order valence-corrected chi connectivity index (χ4v) is 3.19. The third-order valence-electron chi connectivity index (χ3n) is 2.52. The van der Waals surface area contributed by atoms with E-state index in [4.69, 9.17) is 5.11 Å². The van der Waals surface area contributed by atoms with E-state index in [2.05, 4.69) is 4.98 Å². The molecule has 0 radical (unpaired) electrons. The summed E-state index contributed by atoms with van der Waals surface area (Å²) in [5.74, 6) is -2.25. The Morgan fingerprint density at radius 3 is 2.72 bits per heavy atom. The number of carbonyl (C=O) groups is 1. The molecule has 1 aromatic heterocycles. The first-order valence-corrected chi connectivity index (χ1v) is 6.71. The Balaban J connectivity index is 2.39. The van der Waals surface area contributed by atoms with Crippen molar-refractivity contribution in [2.24, 2.45) is 0 Å². The van der Waals surface area contributed by atoms with Crippen LogP contribution in [0.4, 0.5) is 4.39 Å². The van der Waals surface area contributed by atoms with E-state index in [0.717, 1.165) is 16.6 Å². The lowest BCUT2D eigenvalue weighted by atomic mass is 10.5. The Kier molecular flexibility index (Phi) is 3.31. The molecule has 1 fully saturated rings. The summed E-state index contributed by atoms with van der Waals surface area (Å²) >= 11 is 0. The van der Waals surface area contributed by atoms with Gasteiger partial charge in [-0.2, -0.15) is 4.31 Å². The summed E-state index contributed by atoms with van der Waals surface area (Å²) in [5.41, 5.74) is 0. The van der Waals surface area contributed by atoms with Gasteiger partial charge in [-0.3, -0.25) is 4.79 Å². The summed E-state index contributed by atoms with van der Waals surface area (Å²) in [5, 5.41) is 8.00. The zero-order chi connectivity index (χ0) is 13.3. The van der Waals surface area contributed by atoms with E-state index < -0.39 is 33.4 Å². The fourth-order valence-electron chi connectivity index (χ4n) is 1.58. The van der Waals surface area contributed by atoms with Crippen LogP contribution in [0.2, 0.25) is 0 Å². The van der Waals surface area contributed by atoms with E-state index in [1.54, 1.807) is 0 Å². The number of carboxylic acid groups (broad SMARTS) is 1. The normalized spacial score (nSPS) is 15.9. The molecule has 0 amide bonds. The molecular formula is C10H11FN2O4S. The van der Waals surface area contributed by atoms with Gasteiger partial charge in [0, 0.05) is 12.2 Å². The van der Waals surface area contributed by atoms with E-state index in [-0.39, 0.29) is 6.04 Å². The highest BCUT2D eigenvalue weighted by Crippen LogP contribution is 2.31. The summed E-state index contributed by atoms with van der Waals surface area (Å²) in [6.07, 6.45) is 2.32. The lowest BCUT2D eigenvalue weighted by molar-refractivity contribution is -0.137. The van der Waals surface area contributed by atoms with Gasteiger partial charge in [-0.05, 0) is 25.0 Å². The van der Waals surface area contributed by atoms with Crippen molar-refractivity contribution < 1.29 is 22.7 Å². The van der Waals surface area contributed by atoms with Gasteiger partial charge >= 0.3 is 5.97 Å². The van der Waals surface area contributed by atoms with Gasteiger partial charge in [-0.15, -0.1) is 0 Å². The van der Waals surface area contributed by atoms with Crippen LogP contribution in [-0.4, -0.2) is 41.4 Å². The van der Waals surface area contributed by atoms with Crippen molar-refractivity contribution in [3.05, 3.63) is 24.1 Å². The van der Waals surface area contributed by atoms with Gasteiger partial charge in [-0.1, -0.05) is 0 Å². The second-order valence-electron chi connectivity index (χ2n) is 3.97. The molecule has 1 N–H and O–H groups in total. The number of sulfonamides is 1. The smallest absolute Gasteiger partial charge is 0.318 e. The molecule has 1 heterocycles. The van der Waals surface area contributed by atoms with Crippen molar-refractivity contribution in [3.63, 3.8) is 0 Å². The fraction of sp³-hybridized carbons (Fsp3) is 0.400. The topological polar surface area (TPSA) is 87.6 Å². The number of carboxylic acids is 1. The van der Waals surface area contributed by atoms with Gasteiger partial charge < -0.3 is 5.11 Å². The van der Waals surface area contributed by atoms with Crippen LogP contribution >= 0.6 is 0 Å². The molecule has 0 unspecified atom stereocenters. The van der Waals surface area contributed by atoms with E-state index in [9.17, 15) is 17.6 Å². The highest BCUT2D eigenvalue weighted by atomic mass is 32.2. The maximum atomic E-state index is 13.5. The Bertz CT molecular complexity index is 571. The number of hydrogen-bond acceptors (Lipinski definition) is 4. The summed E-state index contributed by atoms with van der Waals surface area (Å²) in [4.78, 5) is 14.2. The molecule has 98 valence electrons. The first-order chi connectivity index (χ1) is 8.43. The molecule has 8 heteroatoms. The van der Waals surface area contributed by atoms with Crippen LogP contribution < -0.4 is 0 Å². The molecular weight excluding hydrogens is 263 g/mol. The lowest BCUT2D eigenvalue weighted by Crippen LogP contribution is -2.38. The van der Waals surface area contributed by atoms with Crippen molar-refractivity contribution >= 4 is 16.0 Å². The van der Waals surface area contributed by atoms with Crippen LogP contribution in [0.1, 0.15) is 12.8 Å². The van der Waals surface area contributed by atoms with Crippen LogP contribution in [0.5, 0.6) is 0 Å². The Morgan fingerprint density at radius 1 is 1.56 bits per heavy atom. The first kappa shape index (κ1) is 12.9. The summed E-state index contributed by atoms with van der Waals surface area (Å²) < 4.78 is 38.5. The van der Waals surface area contributed by atoms with E-state index in [1.165, 1.54) is 6.07 Å². The van der Waals surface area contributed by atoms with Crippen LogP contribution in [-0.2, 0) is 14.8 Å². The van der Waals surface area contributed by atoms with Crippen molar-refractivity contribution in [1.29, 1.82) is 0 Å². The maximum absolute atomic E-state index is 13.5. The van der Waals surface area contributed by atoms with E-state index >= 15 is 0 Å². The van der Waals surface area contributed by atoms with Crippen molar-refractivity contribution in [1.82, 2.24) is 9.29 Å². The summed E-state index contributed by atoms with van der Waals surface area (Å²) in [7, 11) is -4.20. The molecule has 6 nitrogen and oxygen atoms in total. The standard InChI is InChI=1S/C10H11FN2O4S/c11-8-2-1-5-12-10(8)18(16,17)13(6-9(14)15)7-3-4-7/h1-2,5,7H,3-4,6H2,(H,14,15). The predicted octanol–water partition coefficient (Wildman–Crippen LogP) is 0.458. The zero-order valence-corrected chi connectivity index (χ0v) is 10.1. The van der Waals surface area contributed by atoms with E-state index in [0.29, 0.717) is 12.8 Å². The molecule has 0 bridgehead atoms. The molecule has 0 spiro atoms. The minimum atomic E-state index is -4.20. The van der Waals surface area contributed by atoms with Gasteiger partial charge in [0.1, 0.15) is 6.54 Å². The molecule has 18 heavy (non-hydrogen) atoms. The number of pyridine rings is 1. The number of hydrogen-bond donors (Lipinski definition) is 1. The minimum Gasteiger partial charge on any atom is -0.480 e. The average molecular weight is 274 g/mol. The van der Waals surface area contributed by atoms with Crippen molar-refractivity contribution in [3.8, 4) is 0 Å². The van der Waals surface area contributed by atoms with Gasteiger partial charge in [0.2, 0.25) is 5.03 Å². The first-order valence-electron chi connectivity index (χ1n) is 5.27. The third-order valence-corrected chi connectivity index (χ3v) is 4.36. The number of aliphatic carboxylic acids is 1. The van der Waals surface area contributed by atoms with Crippen molar-refractivity contribution in [2.45, 2.75) is 23.9 Å². The number of nitrogens with zero attached hydrogens (tertiary/aromatic N) is 2. The number of halogens is 1. The largest absolute Gasteiger partial charge is 0.480 e. The summed E-state index contributed by atoms with van der Waals surface area (Å²) in [6.45, 7) is -0.678. The highest BCUT2D eigenvalue weighted by molar-refractivity contribution is 7.89. The Labute approximate surface area is 103 Å². The molecule has 0 atom stereocenters. The van der Waals surface area contributed by atoms with Gasteiger partial charge in [0.15, 0.2) is 5.82 Å². The maximum Gasteiger partial charge on any atom is 0.318 e. The molecule has 1 aliphatic rings. The SMILES string of the molecule is O=C(O)CN(C1CC1)S(=O)(=O)c1ncccc1F. The monoisotopic (exact) mass is 274 g/mol. The Morgan fingerprint density at radius 2 is 2.22 bits per heavy atom. The quantitative estimate of drug-likeness (QED) is 0.842. The van der Waals surface area contributed by atoms with Gasteiger partial charge in [0.05, 0.1) is 0 Å². The molecule has 2 rings (SSSR count). The molecule has 0 saturated heterocycles. The molecule has 0 aromatic carbocycles. The molecule has 1 aromatic rings. The predicted molar refractivity (Wildman–Crippen MR) is 58.7 cm³/mol. The van der Waals surface area contributed by atoms with Crippen LogP contribution in [0.3, 0.4) is 0 Å². The van der Waals surface area contributed by atoms with Crippen LogP contribution in [0.15, 0.2) is 23.4 Å². The lowest BCUT2D eigenvalue weighted by Gasteiger charge is -2.19. The molecule has 1 saturated carbocycles. The Hall–Kier alpha value is -1.54. The van der Waals surface area contributed by atoms with E-state index in [1.807, 2.05) is 0 Å². The second-order valence-corrected chi connectivity index (χ2v) is 5.77. The van der Waals surface area contributed by atoms with Gasteiger partial charge in [0.25, 0.3) is 10.0 Å². The highest BCUT2D eigenvalue weighted by Gasteiger charge is 2.41. The summed E-state index contributed by atoms with van der Waals surface area (Å²) in [6, 6.07) is 1.88. The zero-order valence-electron chi connectivity index (χ0n) is 9.28. The van der Waals surface area contributed by atoms with Crippen molar-refractivity contribution in [2.75, 3.05) is 6.54 Å². The molecule has 0 aliphatic heterocycles. The number of aromatic nitrogens is 1. The van der Waals surface area contributed by atoms with Gasteiger partial charge in [-0.25, -0.2) is 17.8 Å². The van der Waals surface area contributed by atoms with Crippen LogP contribution in [0, 0.1) is 5.82 Å².